The van der Waals surface area contributed by atoms with E-state index < -0.39 is 26.6 Å². The Morgan fingerprint density at radius 3 is 2.70 bits per heavy atom. The molecule has 1 aromatic rings. The molecule has 0 radical (unpaired) electrons. The Kier molecular flexibility index (Phi) is 4.94. The van der Waals surface area contributed by atoms with E-state index in [2.05, 4.69) is 15.6 Å². The highest BCUT2D eigenvalue weighted by Crippen LogP contribution is 2.18. The van der Waals surface area contributed by atoms with Crippen molar-refractivity contribution in [1.29, 1.82) is 0 Å². The van der Waals surface area contributed by atoms with E-state index in [4.69, 9.17) is 5.14 Å². The Morgan fingerprint density at radius 2 is 2.20 bits per heavy atom. The van der Waals surface area contributed by atoms with Gasteiger partial charge in [0, 0.05) is 19.7 Å². The fraction of sp³-hybridized carbons (Fsp3) is 0.333. The van der Waals surface area contributed by atoms with Crippen LogP contribution in [0.25, 0.3) is 0 Å². The van der Waals surface area contributed by atoms with E-state index in [1.807, 2.05) is 0 Å². The van der Waals surface area contributed by atoms with Crippen molar-refractivity contribution in [2.75, 3.05) is 24.7 Å². The van der Waals surface area contributed by atoms with Gasteiger partial charge < -0.3 is 10.6 Å². The molecule has 110 valence electrons. The SMILES string of the molecule is CNc1ncc([N+](=O)[O-])cc1C(=O)NCCS(N)(=O)=O. The van der Waals surface area contributed by atoms with Gasteiger partial charge >= 0.3 is 0 Å². The molecule has 0 unspecified atom stereocenters. The summed E-state index contributed by atoms with van der Waals surface area (Å²) in [7, 11) is -2.20. The van der Waals surface area contributed by atoms with Crippen molar-refractivity contribution in [2.24, 2.45) is 5.14 Å². The quantitative estimate of drug-likeness (QED) is 0.451. The van der Waals surface area contributed by atoms with Crippen LogP contribution in [0.2, 0.25) is 0 Å². The molecule has 0 saturated heterocycles. The van der Waals surface area contributed by atoms with Crippen molar-refractivity contribution in [1.82, 2.24) is 10.3 Å². The molecule has 10 nitrogen and oxygen atoms in total. The second kappa shape index (κ2) is 6.25. The summed E-state index contributed by atoms with van der Waals surface area (Å²) in [6, 6.07) is 1.05. The van der Waals surface area contributed by atoms with Crippen LogP contribution in [0.1, 0.15) is 10.4 Å². The van der Waals surface area contributed by atoms with Crippen molar-refractivity contribution in [3.8, 4) is 0 Å². The third-order valence-corrected chi connectivity index (χ3v) is 3.01. The zero-order valence-corrected chi connectivity index (χ0v) is 11.3. The van der Waals surface area contributed by atoms with E-state index in [9.17, 15) is 23.3 Å². The van der Waals surface area contributed by atoms with Gasteiger partial charge in [0.1, 0.15) is 12.0 Å². The lowest BCUT2D eigenvalue weighted by molar-refractivity contribution is -0.385. The number of primary sulfonamides is 1. The first-order valence-electron chi connectivity index (χ1n) is 5.35. The van der Waals surface area contributed by atoms with E-state index in [0.717, 1.165) is 12.3 Å². The summed E-state index contributed by atoms with van der Waals surface area (Å²) in [5.41, 5.74) is -0.406. The molecule has 0 aliphatic rings. The highest BCUT2D eigenvalue weighted by molar-refractivity contribution is 7.89. The van der Waals surface area contributed by atoms with Gasteiger partial charge in [-0.2, -0.15) is 0 Å². The maximum atomic E-state index is 11.8. The second-order valence-corrected chi connectivity index (χ2v) is 5.45. The van der Waals surface area contributed by atoms with Crippen LogP contribution in [-0.4, -0.2) is 43.6 Å². The number of hydrogen-bond donors (Lipinski definition) is 3. The predicted molar refractivity (Wildman–Crippen MR) is 70.7 cm³/mol. The zero-order valence-electron chi connectivity index (χ0n) is 10.5. The molecule has 0 aliphatic carbocycles. The second-order valence-electron chi connectivity index (χ2n) is 3.72. The van der Waals surface area contributed by atoms with Crippen LogP contribution in [0.4, 0.5) is 11.5 Å². The topological polar surface area (TPSA) is 157 Å². The first-order chi connectivity index (χ1) is 9.24. The highest BCUT2D eigenvalue weighted by Gasteiger charge is 2.17. The minimum Gasteiger partial charge on any atom is -0.372 e. The van der Waals surface area contributed by atoms with Gasteiger partial charge in [0.05, 0.1) is 16.2 Å². The maximum Gasteiger partial charge on any atom is 0.288 e. The molecular weight excluding hydrogens is 290 g/mol. The Morgan fingerprint density at radius 1 is 1.55 bits per heavy atom. The van der Waals surface area contributed by atoms with Crippen molar-refractivity contribution in [3.05, 3.63) is 27.9 Å². The van der Waals surface area contributed by atoms with Crippen LogP contribution < -0.4 is 15.8 Å². The van der Waals surface area contributed by atoms with Gasteiger partial charge in [-0.05, 0) is 0 Å². The van der Waals surface area contributed by atoms with Crippen LogP contribution in [0.15, 0.2) is 12.3 Å². The van der Waals surface area contributed by atoms with E-state index >= 15 is 0 Å². The summed E-state index contributed by atoms with van der Waals surface area (Å²) in [5, 5.41) is 20.3. The normalized spacial score (nSPS) is 10.9. The number of sulfonamides is 1. The summed E-state index contributed by atoms with van der Waals surface area (Å²) >= 11 is 0. The van der Waals surface area contributed by atoms with Crippen LogP contribution in [0.5, 0.6) is 0 Å². The Bertz CT molecular complexity index is 630. The number of aromatic nitrogens is 1. The lowest BCUT2D eigenvalue weighted by Crippen LogP contribution is -2.32. The van der Waals surface area contributed by atoms with Crippen LogP contribution in [0.3, 0.4) is 0 Å². The number of carbonyl (C=O) groups excluding carboxylic acids is 1. The van der Waals surface area contributed by atoms with E-state index in [0.29, 0.717) is 0 Å². The number of amides is 1. The van der Waals surface area contributed by atoms with Crippen molar-refractivity contribution in [2.45, 2.75) is 0 Å². The van der Waals surface area contributed by atoms with Crippen molar-refractivity contribution in [3.63, 3.8) is 0 Å². The lowest BCUT2D eigenvalue weighted by Gasteiger charge is -2.08. The molecular formula is C9H13N5O5S. The summed E-state index contributed by atoms with van der Waals surface area (Å²) in [6.07, 6.45) is 1.01. The highest BCUT2D eigenvalue weighted by atomic mass is 32.2. The zero-order chi connectivity index (χ0) is 15.3. The van der Waals surface area contributed by atoms with Gasteiger partial charge in [0.15, 0.2) is 0 Å². The first kappa shape index (κ1) is 15.8. The molecule has 0 bridgehead atoms. The molecule has 0 fully saturated rings. The molecule has 0 saturated carbocycles. The molecule has 0 aromatic carbocycles. The number of nitro groups is 1. The van der Waals surface area contributed by atoms with Gasteiger partial charge in [-0.1, -0.05) is 0 Å². The van der Waals surface area contributed by atoms with Crippen molar-refractivity contribution < 1.29 is 18.1 Å². The molecule has 0 atom stereocenters. The Balaban J connectivity index is 2.90. The summed E-state index contributed by atoms with van der Waals surface area (Å²) in [4.78, 5) is 25.5. The molecule has 1 rings (SSSR count). The molecule has 1 heterocycles. The van der Waals surface area contributed by atoms with Crippen LogP contribution in [-0.2, 0) is 10.0 Å². The van der Waals surface area contributed by atoms with Gasteiger partial charge in [0.2, 0.25) is 10.0 Å². The smallest absolute Gasteiger partial charge is 0.288 e. The molecule has 11 heteroatoms. The standard InChI is InChI=1S/C9H13N5O5S/c1-11-8-7(4-6(5-13-8)14(16)17)9(15)12-2-3-20(10,18)19/h4-5H,2-3H2,1H3,(H,11,13)(H,12,15)(H2,10,18,19). The number of nitrogens with zero attached hydrogens (tertiary/aromatic N) is 2. The number of anilines is 1. The van der Waals surface area contributed by atoms with Crippen molar-refractivity contribution >= 4 is 27.4 Å². The Hall–Kier alpha value is -2.27. The number of rotatable bonds is 6. The molecule has 20 heavy (non-hydrogen) atoms. The number of nitrogens with one attached hydrogen (secondary N) is 2. The lowest BCUT2D eigenvalue weighted by atomic mass is 10.2. The molecule has 1 amide bonds. The third kappa shape index (κ3) is 4.44. The first-order valence-corrected chi connectivity index (χ1v) is 7.07. The van der Waals surface area contributed by atoms with E-state index in [1.54, 1.807) is 0 Å². The molecule has 1 aromatic heterocycles. The number of hydrogen-bond acceptors (Lipinski definition) is 7. The third-order valence-electron chi connectivity index (χ3n) is 2.24. The molecule has 0 spiro atoms. The van der Waals surface area contributed by atoms with Crippen LogP contribution in [0, 0.1) is 10.1 Å². The molecule has 0 aliphatic heterocycles. The van der Waals surface area contributed by atoms with Gasteiger partial charge in [-0.15, -0.1) is 0 Å². The van der Waals surface area contributed by atoms with E-state index in [-0.39, 0.29) is 23.6 Å². The summed E-state index contributed by atoms with van der Waals surface area (Å²) < 4.78 is 21.5. The largest absolute Gasteiger partial charge is 0.372 e. The summed E-state index contributed by atoms with van der Waals surface area (Å²) in [5.74, 6) is -0.978. The van der Waals surface area contributed by atoms with E-state index in [1.165, 1.54) is 7.05 Å². The fourth-order valence-electron chi connectivity index (χ4n) is 1.33. The number of pyridine rings is 1. The number of carbonyl (C=O) groups is 1. The maximum absolute atomic E-state index is 11.8. The Labute approximate surface area is 114 Å². The monoisotopic (exact) mass is 303 g/mol. The van der Waals surface area contributed by atoms with Gasteiger partial charge in [0.25, 0.3) is 11.6 Å². The predicted octanol–water partition coefficient (Wildman–Crippen LogP) is -0.950. The average Bonchev–Trinajstić information content (AvgIpc) is 2.36. The minimum atomic E-state index is -3.69. The summed E-state index contributed by atoms with van der Waals surface area (Å²) in [6.45, 7) is -0.205. The molecule has 4 N–H and O–H groups in total. The van der Waals surface area contributed by atoms with Gasteiger partial charge in [-0.25, -0.2) is 18.5 Å². The van der Waals surface area contributed by atoms with Crippen LogP contribution >= 0.6 is 0 Å². The number of nitrogens with two attached hydrogens (primary N) is 1. The fourth-order valence-corrected chi connectivity index (χ4v) is 1.71. The minimum absolute atomic E-state index is 0.0591. The van der Waals surface area contributed by atoms with Gasteiger partial charge in [-0.3, -0.25) is 14.9 Å². The average molecular weight is 303 g/mol.